The molecule has 19 heavy (non-hydrogen) atoms. The molecule has 0 bridgehead atoms. The molecule has 0 aromatic rings. The molecular weight excluding hydrogens is 272 g/mol. The molecule has 0 aliphatic carbocycles. The maximum Gasteiger partial charge on any atom is 0.252 e. The first-order valence-electron chi connectivity index (χ1n) is 5.68. The molecule has 0 aromatic heterocycles. The molecule has 1 saturated heterocycles. The lowest BCUT2D eigenvalue weighted by Crippen LogP contribution is -2.68. The second-order valence-corrected chi connectivity index (χ2v) is 8.18. The van der Waals surface area contributed by atoms with Crippen LogP contribution in [0.25, 0.3) is 0 Å². The summed E-state index contributed by atoms with van der Waals surface area (Å²) in [6, 6.07) is 0. The Kier molecular flexibility index (Phi) is 3.53. The highest BCUT2D eigenvalue weighted by molar-refractivity contribution is 7.92. The average molecular weight is 290 g/mol. The molecule has 0 unspecified atom stereocenters. The molecule has 1 heterocycles. The maximum absolute atomic E-state index is 12.4. The zero-order valence-corrected chi connectivity index (χ0v) is 12.4. The van der Waals surface area contributed by atoms with Gasteiger partial charge in [-0.3, -0.25) is 19.7 Å². The Morgan fingerprint density at radius 3 is 2.21 bits per heavy atom. The van der Waals surface area contributed by atoms with E-state index in [1.807, 2.05) is 0 Å². The number of hydrogen-bond acceptors (Lipinski definition) is 5. The van der Waals surface area contributed by atoms with Gasteiger partial charge in [-0.05, 0) is 27.7 Å². The number of carbonyl (C=O) groups excluding carboxylic acids is 3. The van der Waals surface area contributed by atoms with Crippen LogP contribution in [-0.2, 0) is 24.2 Å². The topological polar surface area (TPSA) is 101 Å². The van der Waals surface area contributed by atoms with Crippen molar-refractivity contribution in [3.8, 4) is 0 Å². The van der Waals surface area contributed by atoms with Crippen LogP contribution in [0.15, 0.2) is 0 Å². The number of carbonyl (C=O) groups is 3. The lowest BCUT2D eigenvalue weighted by Gasteiger charge is -2.43. The first kappa shape index (κ1) is 15.6. The Morgan fingerprint density at radius 2 is 1.79 bits per heavy atom. The highest BCUT2D eigenvalue weighted by Crippen LogP contribution is 2.26. The van der Waals surface area contributed by atoms with Gasteiger partial charge in [0.2, 0.25) is 11.8 Å². The van der Waals surface area contributed by atoms with Crippen molar-refractivity contribution in [1.29, 1.82) is 0 Å². The lowest BCUT2D eigenvalue weighted by atomic mass is 9.96. The van der Waals surface area contributed by atoms with Crippen LogP contribution in [0, 0.1) is 0 Å². The van der Waals surface area contributed by atoms with Crippen LogP contribution in [0.2, 0.25) is 0 Å². The molecule has 0 aromatic carbocycles. The van der Waals surface area contributed by atoms with E-state index in [-0.39, 0.29) is 6.54 Å². The van der Waals surface area contributed by atoms with Gasteiger partial charge in [-0.25, -0.2) is 8.42 Å². The van der Waals surface area contributed by atoms with Gasteiger partial charge in [-0.1, -0.05) is 0 Å². The van der Waals surface area contributed by atoms with Crippen LogP contribution in [0.5, 0.6) is 0 Å². The first-order chi connectivity index (χ1) is 8.31. The van der Waals surface area contributed by atoms with Gasteiger partial charge < -0.3 is 4.90 Å². The largest absolute Gasteiger partial charge is 0.318 e. The van der Waals surface area contributed by atoms with Gasteiger partial charge in [-0.2, -0.15) is 0 Å². The van der Waals surface area contributed by atoms with Crippen LogP contribution >= 0.6 is 0 Å². The van der Waals surface area contributed by atoms with Crippen LogP contribution in [0.1, 0.15) is 27.7 Å². The molecule has 1 N–H and O–H groups in total. The van der Waals surface area contributed by atoms with Gasteiger partial charge in [0.05, 0.1) is 0 Å². The van der Waals surface area contributed by atoms with E-state index >= 15 is 0 Å². The predicted octanol–water partition coefficient (Wildman–Crippen LogP) is -0.927. The van der Waals surface area contributed by atoms with E-state index in [1.54, 1.807) is 0 Å². The number of amides is 3. The molecule has 1 aliphatic rings. The Labute approximate surface area is 112 Å². The van der Waals surface area contributed by atoms with Gasteiger partial charge in [0.1, 0.15) is 16.8 Å². The molecule has 0 spiro atoms. The molecule has 108 valence electrons. The summed E-state index contributed by atoms with van der Waals surface area (Å²) in [5.74, 6) is -2.01. The van der Waals surface area contributed by atoms with Gasteiger partial charge in [0, 0.05) is 6.26 Å². The van der Waals surface area contributed by atoms with E-state index in [0.29, 0.717) is 0 Å². The summed E-state index contributed by atoms with van der Waals surface area (Å²) in [7, 11) is -3.67. The zero-order valence-electron chi connectivity index (χ0n) is 11.6. The monoisotopic (exact) mass is 290 g/mol. The molecule has 0 saturated carbocycles. The fraction of sp³-hybridized carbons (Fsp3) is 0.727. The second-order valence-electron chi connectivity index (χ2n) is 5.61. The average Bonchev–Trinajstić information content (AvgIpc) is 2.21. The summed E-state index contributed by atoms with van der Waals surface area (Å²) < 4.78 is 21.7. The van der Waals surface area contributed by atoms with Crippen LogP contribution in [0.4, 0.5) is 0 Å². The highest BCUT2D eigenvalue weighted by Gasteiger charge is 2.50. The van der Waals surface area contributed by atoms with Crippen molar-refractivity contribution < 1.29 is 22.8 Å². The smallest absolute Gasteiger partial charge is 0.252 e. The molecular formula is C11H18N2O5S. The number of imide groups is 1. The summed E-state index contributed by atoms with van der Waals surface area (Å²) in [5.41, 5.74) is -1.27. The van der Waals surface area contributed by atoms with Crippen LogP contribution < -0.4 is 5.32 Å². The van der Waals surface area contributed by atoms with Crippen molar-refractivity contribution in [3.05, 3.63) is 0 Å². The quantitative estimate of drug-likeness (QED) is 0.662. The van der Waals surface area contributed by atoms with E-state index in [4.69, 9.17) is 0 Å². The molecule has 1 rings (SSSR count). The van der Waals surface area contributed by atoms with E-state index in [9.17, 15) is 22.8 Å². The Morgan fingerprint density at radius 1 is 1.32 bits per heavy atom. The van der Waals surface area contributed by atoms with Gasteiger partial charge in [0.15, 0.2) is 9.84 Å². The molecule has 8 heteroatoms. The standard InChI is InChI=1S/C11H18N2O5S/c1-10(2)8(15)12-7(14)6-13(10)9(16)11(3,4)19(5,17)18/h6H2,1-5H3,(H,12,14,15). The fourth-order valence-electron chi connectivity index (χ4n) is 1.59. The summed E-state index contributed by atoms with van der Waals surface area (Å²) in [4.78, 5) is 36.5. The number of nitrogens with one attached hydrogen (secondary N) is 1. The molecule has 3 amide bonds. The predicted molar refractivity (Wildman–Crippen MR) is 67.9 cm³/mol. The number of piperazine rings is 1. The van der Waals surface area contributed by atoms with Gasteiger partial charge >= 0.3 is 0 Å². The highest BCUT2D eigenvalue weighted by atomic mass is 32.2. The second kappa shape index (κ2) is 4.29. The third-order valence-electron chi connectivity index (χ3n) is 3.47. The Balaban J connectivity index is 3.25. The van der Waals surface area contributed by atoms with Crippen molar-refractivity contribution in [2.45, 2.75) is 38.0 Å². The zero-order chi connectivity index (χ0) is 15.2. The Hall–Kier alpha value is -1.44. The molecule has 0 atom stereocenters. The third-order valence-corrected chi connectivity index (χ3v) is 5.50. The van der Waals surface area contributed by atoms with Crippen LogP contribution in [0.3, 0.4) is 0 Å². The number of rotatable bonds is 2. The van der Waals surface area contributed by atoms with Crippen LogP contribution in [-0.4, -0.2) is 54.1 Å². The van der Waals surface area contributed by atoms with Crippen molar-refractivity contribution in [2.24, 2.45) is 0 Å². The lowest BCUT2D eigenvalue weighted by molar-refractivity contribution is -0.156. The molecule has 0 radical (unpaired) electrons. The van der Waals surface area contributed by atoms with Gasteiger partial charge in [-0.15, -0.1) is 0 Å². The first-order valence-corrected chi connectivity index (χ1v) is 7.57. The summed E-state index contributed by atoms with van der Waals surface area (Å²) in [6.45, 7) is 5.11. The summed E-state index contributed by atoms with van der Waals surface area (Å²) in [5, 5.41) is 2.12. The van der Waals surface area contributed by atoms with Crippen molar-refractivity contribution in [2.75, 3.05) is 12.8 Å². The fourth-order valence-corrected chi connectivity index (χ4v) is 2.02. The van der Waals surface area contributed by atoms with Crippen molar-refractivity contribution >= 4 is 27.6 Å². The minimum Gasteiger partial charge on any atom is -0.318 e. The SMILES string of the molecule is CC1(C)C(=O)NC(=O)CN1C(=O)C(C)(C)S(C)(=O)=O. The molecule has 1 aliphatic heterocycles. The molecule has 7 nitrogen and oxygen atoms in total. The summed E-state index contributed by atoms with van der Waals surface area (Å²) >= 11 is 0. The van der Waals surface area contributed by atoms with E-state index in [1.165, 1.54) is 27.7 Å². The summed E-state index contributed by atoms with van der Waals surface area (Å²) in [6.07, 6.45) is 0.948. The minimum absolute atomic E-state index is 0.337. The van der Waals surface area contributed by atoms with Crippen molar-refractivity contribution in [3.63, 3.8) is 0 Å². The normalized spacial score (nSPS) is 20.2. The van der Waals surface area contributed by atoms with E-state index in [2.05, 4.69) is 5.32 Å². The number of nitrogens with zero attached hydrogens (tertiary/aromatic N) is 1. The Bertz CT molecular complexity index is 547. The van der Waals surface area contributed by atoms with Gasteiger partial charge in [0.25, 0.3) is 5.91 Å². The van der Waals surface area contributed by atoms with E-state index in [0.717, 1.165) is 11.2 Å². The number of hydrogen-bond donors (Lipinski definition) is 1. The maximum atomic E-state index is 12.4. The van der Waals surface area contributed by atoms with Crippen molar-refractivity contribution in [1.82, 2.24) is 10.2 Å². The molecule has 1 fully saturated rings. The minimum atomic E-state index is -3.67. The van der Waals surface area contributed by atoms with E-state index < -0.39 is 37.8 Å². The third kappa shape index (κ3) is 2.49. The number of sulfone groups is 1.